The molecule has 0 atom stereocenters. The molecule has 4 heterocycles. The molecule has 22 heteroatoms. The van der Waals surface area contributed by atoms with E-state index >= 15 is 0 Å². The van der Waals surface area contributed by atoms with Crippen LogP contribution in [0.1, 0.15) is 42.7 Å². The second kappa shape index (κ2) is 22.3. The zero-order valence-electron chi connectivity index (χ0n) is 33.4. The number of hydrogen-bond acceptors (Lipinski definition) is 16. The van der Waals surface area contributed by atoms with E-state index in [1.807, 2.05) is 32.0 Å². The van der Waals surface area contributed by atoms with Crippen molar-refractivity contribution >= 4 is 82.1 Å². The van der Waals surface area contributed by atoms with Crippen LogP contribution in [0.25, 0.3) is 33.1 Å². The van der Waals surface area contributed by atoms with Gasteiger partial charge in [-0.05, 0) is 84.1 Å². The van der Waals surface area contributed by atoms with E-state index in [1.54, 1.807) is 67.0 Å². The van der Waals surface area contributed by atoms with Crippen molar-refractivity contribution in [2.45, 2.75) is 51.3 Å². The van der Waals surface area contributed by atoms with Gasteiger partial charge in [-0.15, -0.1) is 0 Å². The van der Waals surface area contributed by atoms with Crippen LogP contribution in [0.5, 0.6) is 11.5 Å². The van der Waals surface area contributed by atoms with E-state index in [4.69, 9.17) is 28.6 Å². The molecule has 0 radical (unpaired) electrons. The smallest absolute Gasteiger partial charge is 0.491 e. The Balaban J connectivity index is 0.000000367. The van der Waals surface area contributed by atoms with Crippen molar-refractivity contribution in [1.29, 1.82) is 0 Å². The van der Waals surface area contributed by atoms with E-state index in [-0.39, 0.29) is 50.6 Å². The standard InChI is InChI=1S/C20H18N4O4S.C16H15BrN2O4S.C4H5BN2O2.2CH4.2H2/c1-3-13-4-7-17(27-2)19(8-13)29(25,26)24-20-16-6-5-14(9-18(16)28-23-20)15-10-21-12-22-11-15;1-3-10-4-7-13(22-2)15(8-10)24(20,21)19-16-12-6-5-11(17)9-14(12)23-18-16;8-5(9)4-1-6-3-7-2-4;;;;/h4-12H,3H2,1-2H3,(H,23,24);4-9H,3H2,1-2H3,(H,18,19);1-3,8-9H;2*1H4;2*1H. The highest BCUT2D eigenvalue weighted by molar-refractivity contribution is 9.10. The molecule has 18 nitrogen and oxygen atoms in total. The van der Waals surface area contributed by atoms with E-state index in [0.717, 1.165) is 26.7 Å². The molecule has 64 heavy (non-hydrogen) atoms. The molecule has 8 aromatic rings. The Morgan fingerprint density at radius 2 is 1.09 bits per heavy atom. The van der Waals surface area contributed by atoms with Crippen LogP contribution >= 0.6 is 15.9 Å². The minimum Gasteiger partial charge on any atom is -0.495 e. The summed E-state index contributed by atoms with van der Waals surface area (Å²) in [6, 6.07) is 20.7. The van der Waals surface area contributed by atoms with Crippen LogP contribution in [0, 0.1) is 0 Å². The van der Waals surface area contributed by atoms with Gasteiger partial charge in [0.1, 0.15) is 33.9 Å². The first-order chi connectivity index (χ1) is 29.8. The predicted molar refractivity (Wildman–Crippen MR) is 253 cm³/mol. The van der Waals surface area contributed by atoms with Gasteiger partial charge in [0.2, 0.25) is 0 Å². The highest BCUT2D eigenvalue weighted by atomic mass is 79.9. The monoisotopic (exact) mass is 980 g/mol. The molecule has 0 aliphatic heterocycles. The zero-order valence-corrected chi connectivity index (χ0v) is 36.6. The van der Waals surface area contributed by atoms with Gasteiger partial charge in [0.05, 0.1) is 25.0 Å². The number of aryl methyl sites for hydroxylation is 2. The first kappa shape index (κ1) is 50.2. The first-order valence-electron chi connectivity index (χ1n) is 18.5. The predicted octanol–water partition coefficient (Wildman–Crippen LogP) is 7.54. The topological polar surface area (TPSA) is 255 Å². The summed E-state index contributed by atoms with van der Waals surface area (Å²) < 4.78 is 78.3. The van der Waals surface area contributed by atoms with Crippen molar-refractivity contribution in [3.8, 4) is 22.6 Å². The molecule has 0 amide bonds. The molecule has 0 aliphatic carbocycles. The fraction of sp³-hybridized carbons (Fsp3) is 0.190. The number of sulfonamides is 2. The van der Waals surface area contributed by atoms with E-state index in [9.17, 15) is 16.8 Å². The number of nitrogens with zero attached hydrogens (tertiary/aromatic N) is 6. The van der Waals surface area contributed by atoms with Gasteiger partial charge in [0, 0.05) is 43.1 Å². The van der Waals surface area contributed by atoms with Crippen LogP contribution in [0.15, 0.2) is 134 Å². The second-order valence-corrected chi connectivity index (χ2v) is 17.2. The fourth-order valence-corrected chi connectivity index (χ4v) is 8.54. The molecular weight excluding hydrogens is 931 g/mol. The molecule has 340 valence electrons. The lowest BCUT2D eigenvalue weighted by atomic mass is 9.83. The van der Waals surface area contributed by atoms with Gasteiger partial charge in [-0.3, -0.25) is 9.44 Å². The zero-order chi connectivity index (χ0) is 44.4. The number of rotatable bonds is 12. The minimum atomic E-state index is -3.93. The molecule has 4 N–H and O–H groups in total. The lowest BCUT2D eigenvalue weighted by Crippen LogP contribution is -2.30. The number of halogens is 1. The quantitative estimate of drug-likeness (QED) is 0.0863. The molecule has 0 unspecified atom stereocenters. The number of aromatic nitrogens is 6. The van der Waals surface area contributed by atoms with Crippen molar-refractivity contribution in [1.82, 2.24) is 30.2 Å². The maximum atomic E-state index is 13.0. The average Bonchev–Trinajstić information content (AvgIpc) is 3.88. The number of nitrogens with one attached hydrogen (secondary N) is 2. The Morgan fingerprint density at radius 3 is 1.53 bits per heavy atom. The molecule has 0 aliphatic rings. The molecule has 0 saturated carbocycles. The number of hydrogen-bond donors (Lipinski definition) is 4. The van der Waals surface area contributed by atoms with Crippen LogP contribution in [0.2, 0.25) is 0 Å². The van der Waals surface area contributed by atoms with Crippen LogP contribution in [-0.4, -0.2) is 78.5 Å². The van der Waals surface area contributed by atoms with E-state index in [2.05, 4.69) is 55.6 Å². The maximum Gasteiger partial charge on any atom is 0.491 e. The SMILES string of the molecule is C.C.CCc1ccc(OC)c(S(=O)(=O)Nc2noc3cc(-c4cncnc4)ccc23)c1.CCc1ccc(OC)c(S(=O)(=O)Nc2noc3cc(Br)ccc23)c1.OB(O)c1cncnc1.[HH].[HH]. The normalized spacial score (nSPS) is 10.9. The van der Waals surface area contributed by atoms with Gasteiger partial charge >= 0.3 is 7.12 Å². The van der Waals surface area contributed by atoms with E-state index < -0.39 is 27.2 Å². The van der Waals surface area contributed by atoms with Gasteiger partial charge in [-0.2, -0.15) is 0 Å². The fourth-order valence-electron chi connectivity index (χ4n) is 5.73. The number of ether oxygens (including phenoxy) is 2. The summed E-state index contributed by atoms with van der Waals surface area (Å²) in [6.07, 6.45) is 10.2. The van der Waals surface area contributed by atoms with Gasteiger partial charge in [0.25, 0.3) is 20.0 Å². The average molecular weight is 982 g/mol. The van der Waals surface area contributed by atoms with Crippen LogP contribution in [0.4, 0.5) is 11.6 Å². The van der Waals surface area contributed by atoms with Crippen molar-refractivity contribution in [3.05, 3.63) is 126 Å². The van der Waals surface area contributed by atoms with Crippen molar-refractivity contribution in [2.24, 2.45) is 0 Å². The third kappa shape index (κ3) is 12.0. The van der Waals surface area contributed by atoms with Gasteiger partial charge < -0.3 is 28.6 Å². The third-order valence-corrected chi connectivity index (χ3v) is 12.2. The molecule has 4 aromatic carbocycles. The summed E-state index contributed by atoms with van der Waals surface area (Å²) in [6.45, 7) is 3.90. The highest BCUT2D eigenvalue weighted by Gasteiger charge is 2.25. The summed E-state index contributed by atoms with van der Waals surface area (Å²) in [5.74, 6) is 0.783. The lowest BCUT2D eigenvalue weighted by molar-refractivity contribution is 0.402. The summed E-state index contributed by atoms with van der Waals surface area (Å²) >= 11 is 3.33. The Kier molecular flexibility index (Phi) is 17.5. The molecule has 0 saturated heterocycles. The number of anilines is 2. The van der Waals surface area contributed by atoms with Gasteiger partial charge in [-0.25, -0.2) is 36.8 Å². The Morgan fingerprint density at radius 1 is 0.641 bits per heavy atom. The molecule has 0 bridgehead atoms. The third-order valence-electron chi connectivity index (χ3n) is 8.99. The Labute approximate surface area is 382 Å². The lowest BCUT2D eigenvalue weighted by Gasteiger charge is -2.11. The van der Waals surface area contributed by atoms with Gasteiger partial charge in [-0.1, -0.05) is 73.1 Å². The summed E-state index contributed by atoms with van der Waals surface area (Å²) in [7, 11) is -6.40. The van der Waals surface area contributed by atoms with E-state index in [1.165, 1.54) is 39.3 Å². The number of benzene rings is 4. The summed E-state index contributed by atoms with van der Waals surface area (Å²) in [4.78, 5) is 15.3. The van der Waals surface area contributed by atoms with Crippen LogP contribution < -0.4 is 24.4 Å². The first-order valence-corrected chi connectivity index (χ1v) is 22.2. The molecular formula is C42H50BBrN8O10S2. The Hall–Kier alpha value is -6.46. The van der Waals surface area contributed by atoms with E-state index in [0.29, 0.717) is 40.2 Å². The van der Waals surface area contributed by atoms with Crippen molar-refractivity contribution in [3.63, 3.8) is 0 Å². The highest BCUT2D eigenvalue weighted by Crippen LogP contribution is 2.33. The minimum absolute atomic E-state index is 0. The summed E-state index contributed by atoms with van der Waals surface area (Å²) in [5, 5.41) is 25.8. The van der Waals surface area contributed by atoms with Crippen molar-refractivity contribution < 1.29 is 48.3 Å². The van der Waals surface area contributed by atoms with Crippen LogP contribution in [0.3, 0.4) is 0 Å². The molecule has 0 fully saturated rings. The van der Waals surface area contributed by atoms with Crippen LogP contribution in [-0.2, 0) is 32.9 Å². The molecule has 0 spiro atoms. The molecule has 4 aromatic heterocycles. The van der Waals surface area contributed by atoms with Gasteiger partial charge in [0.15, 0.2) is 22.8 Å². The molecule has 8 rings (SSSR count). The maximum absolute atomic E-state index is 13.0. The Bertz CT molecular complexity index is 3030. The largest absolute Gasteiger partial charge is 0.495 e. The second-order valence-electron chi connectivity index (χ2n) is 13.0. The summed E-state index contributed by atoms with van der Waals surface area (Å²) in [5.41, 5.74) is 4.65. The number of methoxy groups -OCH3 is 2. The van der Waals surface area contributed by atoms with Crippen molar-refractivity contribution in [2.75, 3.05) is 23.7 Å². The number of fused-ring (bicyclic) bond motifs is 2.